The molecule has 0 saturated carbocycles. The fraction of sp³-hybridized carbons (Fsp3) is 0.385. The summed E-state index contributed by atoms with van der Waals surface area (Å²) in [5.74, 6) is -0.533. The third-order valence-corrected chi connectivity index (χ3v) is 2.70. The van der Waals surface area contributed by atoms with Crippen molar-refractivity contribution in [3.63, 3.8) is 0 Å². The number of hydrogen-bond acceptors (Lipinski definition) is 4. The average Bonchev–Trinajstić information content (AvgIpc) is 2.35. The van der Waals surface area contributed by atoms with Crippen molar-refractivity contribution < 1.29 is 19.4 Å². The Morgan fingerprint density at radius 1 is 1.28 bits per heavy atom. The molecule has 1 aromatic rings. The minimum atomic E-state index is -0.998. The van der Waals surface area contributed by atoms with Gasteiger partial charge in [-0.2, -0.15) is 0 Å². The highest BCUT2D eigenvalue weighted by Gasteiger charge is 2.23. The van der Waals surface area contributed by atoms with E-state index < -0.39 is 12.0 Å². The zero-order valence-corrected chi connectivity index (χ0v) is 10.7. The number of aliphatic carboxylic acids is 1. The number of nitrogens with zero attached hydrogens (tertiary/aromatic N) is 1. The van der Waals surface area contributed by atoms with E-state index >= 15 is 0 Å². The summed E-state index contributed by atoms with van der Waals surface area (Å²) in [5, 5.41) is 9.01. The Labute approximate surface area is 106 Å². The number of carboxylic acid groups (broad SMARTS) is 1. The molecular weight excluding hydrogens is 234 g/mol. The van der Waals surface area contributed by atoms with Crippen molar-refractivity contribution in [1.29, 1.82) is 0 Å². The molecule has 98 valence electrons. The molecule has 0 amide bonds. The van der Waals surface area contributed by atoms with Crippen LogP contribution in [0.25, 0.3) is 0 Å². The molecule has 0 aliphatic carbocycles. The molecule has 0 aliphatic rings. The van der Waals surface area contributed by atoms with Crippen molar-refractivity contribution in [3.05, 3.63) is 29.8 Å². The monoisotopic (exact) mass is 251 g/mol. The Morgan fingerprint density at radius 2 is 1.83 bits per heavy atom. The van der Waals surface area contributed by atoms with Crippen molar-refractivity contribution in [2.45, 2.75) is 12.5 Å². The molecule has 1 N–H and O–H groups in total. The smallest absolute Gasteiger partial charge is 0.321 e. The summed E-state index contributed by atoms with van der Waals surface area (Å²) >= 11 is 0. The summed E-state index contributed by atoms with van der Waals surface area (Å²) in [6, 6.07) is 5.82. The fourth-order valence-corrected chi connectivity index (χ4v) is 1.56. The van der Waals surface area contributed by atoms with Gasteiger partial charge in [-0.25, -0.2) is 0 Å². The second-order valence-corrected chi connectivity index (χ2v) is 4.17. The predicted octanol–water partition coefficient (Wildman–Crippen LogP) is 1.28. The van der Waals surface area contributed by atoms with Gasteiger partial charge in [0, 0.05) is 12.0 Å². The molecule has 18 heavy (non-hydrogen) atoms. The van der Waals surface area contributed by atoms with Crippen LogP contribution in [0.5, 0.6) is 5.75 Å². The predicted molar refractivity (Wildman–Crippen MR) is 67.1 cm³/mol. The molecule has 1 aromatic carbocycles. The Hall–Kier alpha value is -1.88. The summed E-state index contributed by atoms with van der Waals surface area (Å²) in [6.45, 7) is 0. The van der Waals surface area contributed by atoms with Crippen LogP contribution in [0.15, 0.2) is 24.3 Å². The summed E-state index contributed by atoms with van der Waals surface area (Å²) in [6.07, 6.45) is -0.0470. The third-order valence-electron chi connectivity index (χ3n) is 2.70. The van der Waals surface area contributed by atoms with Gasteiger partial charge in [0.2, 0.25) is 0 Å². The first-order chi connectivity index (χ1) is 8.45. The van der Waals surface area contributed by atoms with Gasteiger partial charge in [-0.1, -0.05) is 0 Å². The first-order valence-electron chi connectivity index (χ1n) is 5.52. The number of likely N-dealkylation sites (N-methyl/N-ethyl adjacent to an activating group) is 1. The zero-order valence-electron chi connectivity index (χ0n) is 10.7. The maximum Gasteiger partial charge on any atom is 0.321 e. The van der Waals surface area contributed by atoms with E-state index in [0.717, 1.165) is 0 Å². The molecule has 0 heterocycles. The lowest BCUT2D eigenvalue weighted by atomic mass is 10.0. The molecule has 5 heteroatoms. The third kappa shape index (κ3) is 3.56. The molecule has 0 aromatic heterocycles. The maximum atomic E-state index is 11.9. The number of methoxy groups -OCH3 is 1. The van der Waals surface area contributed by atoms with Crippen LogP contribution in [0.2, 0.25) is 0 Å². The van der Waals surface area contributed by atoms with Crippen molar-refractivity contribution in [3.8, 4) is 5.75 Å². The second-order valence-electron chi connectivity index (χ2n) is 4.17. The minimum absolute atomic E-state index is 0.0470. The van der Waals surface area contributed by atoms with Gasteiger partial charge >= 0.3 is 5.97 Å². The minimum Gasteiger partial charge on any atom is -0.497 e. The summed E-state index contributed by atoms with van der Waals surface area (Å²) in [7, 11) is 4.82. The van der Waals surface area contributed by atoms with Crippen molar-refractivity contribution in [1.82, 2.24) is 4.90 Å². The van der Waals surface area contributed by atoms with Crippen molar-refractivity contribution in [2.24, 2.45) is 0 Å². The first-order valence-corrected chi connectivity index (χ1v) is 5.52. The lowest BCUT2D eigenvalue weighted by molar-refractivity contribution is -0.142. The number of hydrogen-bond donors (Lipinski definition) is 1. The first kappa shape index (κ1) is 14.2. The summed E-state index contributed by atoms with van der Waals surface area (Å²) in [4.78, 5) is 24.4. The van der Waals surface area contributed by atoms with E-state index in [1.54, 1.807) is 45.5 Å². The topological polar surface area (TPSA) is 66.8 Å². The average molecular weight is 251 g/mol. The summed E-state index contributed by atoms with van der Waals surface area (Å²) < 4.78 is 4.99. The van der Waals surface area contributed by atoms with Crippen LogP contribution in [0, 0.1) is 0 Å². The Bertz CT molecular complexity index is 425. The lowest BCUT2D eigenvalue weighted by Crippen LogP contribution is -2.37. The van der Waals surface area contributed by atoms with Gasteiger partial charge in [0.1, 0.15) is 11.8 Å². The maximum absolute atomic E-state index is 11.9. The number of Topliss-reactive ketones (excluding diaryl/α,β-unsaturated/α-hetero) is 1. The zero-order chi connectivity index (χ0) is 13.7. The van der Waals surface area contributed by atoms with E-state index in [-0.39, 0.29) is 12.2 Å². The lowest BCUT2D eigenvalue weighted by Gasteiger charge is -2.19. The Kier molecular flexibility index (Phi) is 4.85. The summed E-state index contributed by atoms with van der Waals surface area (Å²) in [5.41, 5.74) is 0.490. The largest absolute Gasteiger partial charge is 0.497 e. The highest BCUT2D eigenvalue weighted by Crippen LogP contribution is 2.14. The molecular formula is C13H17NO4. The van der Waals surface area contributed by atoms with Gasteiger partial charge in [-0.15, -0.1) is 0 Å². The van der Waals surface area contributed by atoms with Crippen LogP contribution in [0.3, 0.4) is 0 Å². The van der Waals surface area contributed by atoms with Crippen LogP contribution in [-0.2, 0) is 4.79 Å². The Morgan fingerprint density at radius 3 is 2.22 bits per heavy atom. The van der Waals surface area contributed by atoms with E-state index in [1.165, 1.54) is 4.90 Å². The molecule has 1 unspecified atom stereocenters. The van der Waals surface area contributed by atoms with E-state index in [9.17, 15) is 9.59 Å². The Balaban J connectivity index is 2.77. The van der Waals surface area contributed by atoms with Crippen LogP contribution in [0.4, 0.5) is 0 Å². The highest BCUT2D eigenvalue weighted by atomic mass is 16.5. The molecule has 0 fully saturated rings. The van der Waals surface area contributed by atoms with Gasteiger partial charge < -0.3 is 9.84 Å². The van der Waals surface area contributed by atoms with E-state index in [2.05, 4.69) is 0 Å². The van der Waals surface area contributed by atoms with Gasteiger partial charge in [0.05, 0.1) is 7.11 Å². The molecule has 5 nitrogen and oxygen atoms in total. The standard InChI is InChI=1S/C13H17NO4/c1-14(2)11(13(16)17)8-12(15)9-4-6-10(18-3)7-5-9/h4-7,11H,8H2,1-3H3,(H,16,17). The molecule has 0 aliphatic heterocycles. The molecule has 0 spiro atoms. The quantitative estimate of drug-likeness (QED) is 0.771. The van der Waals surface area contributed by atoms with Gasteiger partial charge in [0.15, 0.2) is 5.78 Å². The number of carboxylic acids is 1. The molecule has 1 rings (SSSR count). The van der Waals surface area contributed by atoms with Crippen LogP contribution < -0.4 is 4.74 Å². The van der Waals surface area contributed by atoms with Crippen LogP contribution in [-0.4, -0.2) is 49.0 Å². The molecule has 0 saturated heterocycles. The van der Waals surface area contributed by atoms with Gasteiger partial charge in [-0.05, 0) is 38.4 Å². The van der Waals surface area contributed by atoms with Crippen LogP contribution >= 0.6 is 0 Å². The normalized spacial score (nSPS) is 12.2. The number of ketones is 1. The van der Waals surface area contributed by atoms with Crippen molar-refractivity contribution in [2.75, 3.05) is 21.2 Å². The van der Waals surface area contributed by atoms with Gasteiger partial charge in [0.25, 0.3) is 0 Å². The number of benzene rings is 1. The van der Waals surface area contributed by atoms with Crippen LogP contribution in [0.1, 0.15) is 16.8 Å². The number of carbonyl (C=O) groups is 2. The highest BCUT2D eigenvalue weighted by molar-refractivity contribution is 5.98. The molecule has 1 atom stereocenters. The van der Waals surface area contributed by atoms with E-state index in [1.807, 2.05) is 0 Å². The molecule has 0 radical (unpaired) electrons. The van der Waals surface area contributed by atoms with Gasteiger partial charge in [-0.3, -0.25) is 14.5 Å². The SMILES string of the molecule is COc1ccc(C(=O)CC(C(=O)O)N(C)C)cc1. The van der Waals surface area contributed by atoms with Crippen molar-refractivity contribution >= 4 is 11.8 Å². The fourth-order valence-electron chi connectivity index (χ4n) is 1.56. The number of ether oxygens (including phenoxy) is 1. The van der Waals surface area contributed by atoms with E-state index in [0.29, 0.717) is 11.3 Å². The van der Waals surface area contributed by atoms with E-state index in [4.69, 9.17) is 9.84 Å². The number of carbonyl (C=O) groups excluding carboxylic acids is 1. The second kappa shape index (κ2) is 6.16. The number of rotatable bonds is 6. The molecule has 0 bridgehead atoms.